The van der Waals surface area contributed by atoms with Gasteiger partial charge in [-0.2, -0.15) is 0 Å². The van der Waals surface area contributed by atoms with E-state index >= 15 is 0 Å². The Morgan fingerprint density at radius 2 is 1.60 bits per heavy atom. The maximum atomic E-state index is 13.0. The normalized spacial score (nSPS) is 24.1. The summed E-state index contributed by atoms with van der Waals surface area (Å²) in [5.41, 5.74) is 3.07. The largest absolute Gasteiger partial charge is 0.481 e. The van der Waals surface area contributed by atoms with Gasteiger partial charge in [0, 0.05) is 12.5 Å². The molecule has 0 aromatic heterocycles. The molecule has 184 valence electrons. The molecule has 2 amide bonds. The summed E-state index contributed by atoms with van der Waals surface area (Å²) in [6.45, 7) is 2.24. The van der Waals surface area contributed by atoms with Crippen molar-refractivity contribution in [3.8, 4) is 11.1 Å². The summed E-state index contributed by atoms with van der Waals surface area (Å²) >= 11 is 0. The number of hydrogen-bond donors (Lipinski definition) is 3. The van der Waals surface area contributed by atoms with Crippen LogP contribution < -0.4 is 10.6 Å². The number of nitrogens with one attached hydrogen (secondary N) is 2. The molecule has 2 atom stereocenters. The number of carboxylic acid groups (broad SMARTS) is 1. The minimum Gasteiger partial charge on any atom is -0.481 e. The van der Waals surface area contributed by atoms with E-state index in [2.05, 4.69) is 34.9 Å². The number of rotatable bonds is 7. The molecule has 0 radical (unpaired) electrons. The van der Waals surface area contributed by atoms with Crippen molar-refractivity contribution in [2.45, 2.75) is 56.9 Å². The third-order valence-electron chi connectivity index (χ3n) is 8.16. The Hall–Kier alpha value is -3.35. The highest BCUT2D eigenvalue weighted by atomic mass is 16.5. The molecule has 0 spiro atoms. The lowest BCUT2D eigenvalue weighted by atomic mass is 9.73. The minimum absolute atomic E-state index is 0.0304. The molecule has 0 bridgehead atoms. The van der Waals surface area contributed by atoms with Crippen LogP contribution in [-0.4, -0.2) is 41.8 Å². The van der Waals surface area contributed by atoms with Crippen molar-refractivity contribution in [2.24, 2.45) is 11.3 Å². The molecule has 2 saturated carbocycles. The summed E-state index contributed by atoms with van der Waals surface area (Å²) in [4.78, 5) is 37.4. The molecule has 2 unspecified atom stereocenters. The number of amides is 2. The lowest BCUT2D eigenvalue weighted by molar-refractivity contribution is -0.143. The average molecular weight is 477 g/mol. The van der Waals surface area contributed by atoms with Gasteiger partial charge in [0.15, 0.2) is 0 Å². The molecular formula is C28H32N2O5. The highest BCUT2D eigenvalue weighted by Gasteiger charge is 2.51. The first kappa shape index (κ1) is 23.4. The topological polar surface area (TPSA) is 105 Å². The fourth-order valence-electron chi connectivity index (χ4n) is 5.77. The second-order valence-corrected chi connectivity index (χ2v) is 10.5. The van der Waals surface area contributed by atoms with Gasteiger partial charge in [0.2, 0.25) is 5.91 Å². The van der Waals surface area contributed by atoms with Crippen molar-refractivity contribution >= 4 is 18.0 Å². The van der Waals surface area contributed by atoms with E-state index in [0.717, 1.165) is 24.0 Å². The zero-order valence-corrected chi connectivity index (χ0v) is 20.0. The predicted molar refractivity (Wildman–Crippen MR) is 131 cm³/mol. The van der Waals surface area contributed by atoms with E-state index in [4.69, 9.17) is 4.74 Å². The molecule has 0 heterocycles. The van der Waals surface area contributed by atoms with E-state index in [-0.39, 0.29) is 25.0 Å². The molecule has 2 aromatic carbocycles. The van der Waals surface area contributed by atoms with Gasteiger partial charge in [-0.25, -0.2) is 4.79 Å². The predicted octanol–water partition coefficient (Wildman–Crippen LogP) is 4.46. The highest BCUT2D eigenvalue weighted by molar-refractivity contribution is 5.84. The zero-order chi connectivity index (χ0) is 24.6. The average Bonchev–Trinajstić information content (AvgIpc) is 3.58. The van der Waals surface area contributed by atoms with Gasteiger partial charge < -0.3 is 20.5 Å². The Morgan fingerprint density at radius 3 is 2.20 bits per heavy atom. The van der Waals surface area contributed by atoms with E-state index in [1.54, 1.807) is 0 Å². The van der Waals surface area contributed by atoms with E-state index in [1.807, 2.05) is 31.2 Å². The maximum Gasteiger partial charge on any atom is 0.407 e. The monoisotopic (exact) mass is 476 g/mol. The summed E-state index contributed by atoms with van der Waals surface area (Å²) in [6, 6.07) is 16.4. The number of carboxylic acids is 1. The van der Waals surface area contributed by atoms with Gasteiger partial charge in [0.05, 0.1) is 16.9 Å². The minimum atomic E-state index is -0.860. The lowest BCUT2D eigenvalue weighted by Crippen LogP contribution is -2.58. The molecule has 2 aromatic rings. The zero-order valence-electron chi connectivity index (χ0n) is 20.0. The molecule has 0 aliphatic heterocycles. The Morgan fingerprint density at radius 1 is 0.971 bits per heavy atom. The number of aliphatic carboxylic acids is 1. The standard InChI is InChI=1S/C28H32N2O5/c1-27(13-7-6-12-23(27)24(31)29-17-28(14-15-28)25(32)33)30-26(34)35-16-22-20-10-4-2-8-18(20)19-9-3-5-11-21(19)22/h2-5,8-11,22-23H,6-7,12-17H2,1H3,(H,29,31)(H,30,34)(H,32,33). The van der Waals surface area contributed by atoms with Crippen LogP contribution in [0.4, 0.5) is 4.79 Å². The summed E-state index contributed by atoms with van der Waals surface area (Å²) in [7, 11) is 0. The Labute approximate surface area is 205 Å². The molecular weight excluding hydrogens is 444 g/mol. The molecule has 2 fully saturated rings. The molecule has 3 N–H and O–H groups in total. The van der Waals surface area contributed by atoms with Gasteiger partial charge in [0.1, 0.15) is 6.61 Å². The number of carbonyl (C=O) groups excluding carboxylic acids is 2. The van der Waals surface area contributed by atoms with Crippen molar-refractivity contribution in [2.75, 3.05) is 13.2 Å². The van der Waals surface area contributed by atoms with E-state index in [1.165, 1.54) is 11.1 Å². The molecule has 5 rings (SSSR count). The summed E-state index contributed by atoms with van der Waals surface area (Å²) in [6.07, 6.45) is 3.75. The first-order valence-corrected chi connectivity index (χ1v) is 12.5. The number of carbonyl (C=O) groups is 3. The van der Waals surface area contributed by atoms with Crippen LogP contribution in [0, 0.1) is 11.3 Å². The second kappa shape index (κ2) is 9.02. The quantitative estimate of drug-likeness (QED) is 0.547. The van der Waals surface area contributed by atoms with Crippen molar-refractivity contribution in [3.05, 3.63) is 59.7 Å². The van der Waals surface area contributed by atoms with Crippen LogP contribution in [0.5, 0.6) is 0 Å². The molecule has 35 heavy (non-hydrogen) atoms. The van der Waals surface area contributed by atoms with Gasteiger partial charge in [-0.05, 0) is 54.9 Å². The van der Waals surface area contributed by atoms with Crippen LogP contribution in [0.25, 0.3) is 11.1 Å². The number of ether oxygens (including phenoxy) is 1. The van der Waals surface area contributed by atoms with E-state index < -0.39 is 28.9 Å². The van der Waals surface area contributed by atoms with Crippen LogP contribution in [0.1, 0.15) is 62.5 Å². The van der Waals surface area contributed by atoms with Crippen LogP contribution in [0.3, 0.4) is 0 Å². The summed E-state index contributed by atoms with van der Waals surface area (Å²) in [5.74, 6) is -1.52. The second-order valence-electron chi connectivity index (χ2n) is 10.5. The van der Waals surface area contributed by atoms with Gasteiger partial charge in [-0.15, -0.1) is 0 Å². The first-order chi connectivity index (χ1) is 16.8. The van der Waals surface area contributed by atoms with Gasteiger partial charge >= 0.3 is 12.1 Å². The fourth-order valence-corrected chi connectivity index (χ4v) is 5.77. The molecule has 7 heteroatoms. The summed E-state index contributed by atoms with van der Waals surface area (Å²) in [5, 5.41) is 15.2. The van der Waals surface area contributed by atoms with Crippen molar-refractivity contribution in [1.29, 1.82) is 0 Å². The molecule has 0 saturated heterocycles. The van der Waals surface area contributed by atoms with Crippen molar-refractivity contribution < 1.29 is 24.2 Å². The SMILES string of the molecule is CC1(NC(=O)OCC2c3ccccc3-c3ccccc32)CCCCC1C(=O)NCC1(C(=O)O)CC1. The summed E-state index contributed by atoms with van der Waals surface area (Å²) < 4.78 is 5.73. The number of alkyl carbamates (subject to hydrolysis) is 1. The van der Waals surface area contributed by atoms with Crippen LogP contribution >= 0.6 is 0 Å². The molecule has 3 aliphatic carbocycles. The molecule has 7 nitrogen and oxygen atoms in total. The van der Waals surface area contributed by atoms with Crippen LogP contribution in [-0.2, 0) is 14.3 Å². The third-order valence-corrected chi connectivity index (χ3v) is 8.16. The van der Waals surface area contributed by atoms with Crippen molar-refractivity contribution in [3.63, 3.8) is 0 Å². The van der Waals surface area contributed by atoms with E-state index in [0.29, 0.717) is 25.7 Å². The van der Waals surface area contributed by atoms with Gasteiger partial charge in [-0.1, -0.05) is 61.4 Å². The lowest BCUT2D eigenvalue weighted by Gasteiger charge is -2.41. The first-order valence-electron chi connectivity index (χ1n) is 12.5. The number of fused-ring (bicyclic) bond motifs is 3. The maximum absolute atomic E-state index is 13.0. The van der Waals surface area contributed by atoms with Crippen LogP contribution in [0.2, 0.25) is 0 Å². The van der Waals surface area contributed by atoms with Gasteiger partial charge in [0.25, 0.3) is 0 Å². The fraction of sp³-hybridized carbons (Fsp3) is 0.464. The molecule has 3 aliphatic rings. The Kier molecular flexibility index (Phi) is 6.03. The van der Waals surface area contributed by atoms with Gasteiger partial charge in [-0.3, -0.25) is 9.59 Å². The number of benzene rings is 2. The third kappa shape index (κ3) is 4.40. The van der Waals surface area contributed by atoms with E-state index in [9.17, 15) is 19.5 Å². The highest BCUT2D eigenvalue weighted by Crippen LogP contribution is 2.46. The Balaban J connectivity index is 1.23. The van der Waals surface area contributed by atoms with Crippen LogP contribution in [0.15, 0.2) is 48.5 Å². The van der Waals surface area contributed by atoms with Crippen molar-refractivity contribution in [1.82, 2.24) is 10.6 Å². The smallest absolute Gasteiger partial charge is 0.407 e. The Bertz CT molecular complexity index is 1110. The number of hydrogen-bond acceptors (Lipinski definition) is 4.